The molecule has 1 fully saturated rings. The smallest absolute Gasteiger partial charge is 0.150 e. The number of unbranched alkanes of at least 4 members (excludes halogenated alkanes) is 1. The van der Waals surface area contributed by atoms with Crippen LogP contribution in [-0.2, 0) is 19.3 Å². The quantitative estimate of drug-likeness (QED) is 0.687. The molecule has 3 aromatic rings. The van der Waals surface area contributed by atoms with E-state index in [9.17, 15) is 0 Å². The number of rotatable bonds is 4. The molecule has 1 aliphatic heterocycles. The number of piperazine rings is 1. The van der Waals surface area contributed by atoms with Gasteiger partial charge in [0, 0.05) is 37.3 Å². The predicted molar refractivity (Wildman–Crippen MR) is 113 cm³/mol. The number of nitrogens with zero attached hydrogens (tertiary/aromatic N) is 5. The highest BCUT2D eigenvalue weighted by Crippen LogP contribution is 2.42. The Morgan fingerprint density at radius 1 is 1.07 bits per heavy atom. The third-order valence-corrected chi connectivity index (χ3v) is 7.18. The molecule has 5 rings (SSSR count). The van der Waals surface area contributed by atoms with Crippen LogP contribution >= 0.6 is 11.3 Å². The molecule has 5 nitrogen and oxygen atoms in total. The second-order valence-corrected chi connectivity index (χ2v) is 8.92. The molecule has 0 amide bonds. The van der Waals surface area contributed by atoms with Gasteiger partial charge in [-0.1, -0.05) is 13.3 Å². The van der Waals surface area contributed by atoms with Crippen molar-refractivity contribution in [1.29, 1.82) is 0 Å². The molecule has 0 bridgehead atoms. The highest BCUT2D eigenvalue weighted by Gasteiger charge is 2.25. The van der Waals surface area contributed by atoms with Gasteiger partial charge in [-0.05, 0) is 50.3 Å². The molecule has 6 heteroatoms. The number of aryl methyl sites for hydroxylation is 2. The normalized spacial score (nSPS) is 17.9. The fraction of sp³-hybridized carbons (Fsp3) is 0.571. The predicted octanol–water partition coefficient (Wildman–Crippen LogP) is 3.82. The summed E-state index contributed by atoms with van der Waals surface area (Å²) in [5.41, 5.74) is 5.53. The summed E-state index contributed by atoms with van der Waals surface area (Å²) < 4.78 is 1.23. The van der Waals surface area contributed by atoms with Crippen molar-refractivity contribution in [3.63, 3.8) is 0 Å². The largest absolute Gasteiger partial charge is 0.353 e. The molecule has 1 aliphatic carbocycles. The molecule has 0 unspecified atom stereocenters. The zero-order chi connectivity index (χ0) is 18.4. The molecule has 0 atom stereocenters. The monoisotopic (exact) mass is 381 g/mol. The summed E-state index contributed by atoms with van der Waals surface area (Å²) in [6.07, 6.45) is 8.93. The van der Waals surface area contributed by atoms with Crippen LogP contribution in [0.15, 0.2) is 6.33 Å². The van der Waals surface area contributed by atoms with E-state index in [1.54, 1.807) is 17.7 Å². The molecule has 27 heavy (non-hydrogen) atoms. The third-order valence-electron chi connectivity index (χ3n) is 6.11. The van der Waals surface area contributed by atoms with Crippen LogP contribution in [0, 0.1) is 0 Å². The molecule has 0 radical (unpaired) electrons. The summed E-state index contributed by atoms with van der Waals surface area (Å²) in [4.78, 5) is 20.6. The molecular formula is C21H27N5S. The lowest BCUT2D eigenvalue weighted by Crippen LogP contribution is -2.44. The number of anilines is 1. The van der Waals surface area contributed by atoms with E-state index in [1.807, 2.05) is 0 Å². The second kappa shape index (κ2) is 6.99. The Morgan fingerprint density at radius 2 is 1.89 bits per heavy atom. The molecule has 2 aliphatic rings. The summed E-state index contributed by atoms with van der Waals surface area (Å²) in [6.45, 7) is 6.50. The van der Waals surface area contributed by atoms with Gasteiger partial charge in [-0.3, -0.25) is 0 Å². The first-order valence-electron chi connectivity index (χ1n) is 10.3. The summed E-state index contributed by atoms with van der Waals surface area (Å²) >= 11 is 1.80. The van der Waals surface area contributed by atoms with Crippen LogP contribution in [0.1, 0.15) is 43.0 Å². The highest BCUT2D eigenvalue weighted by atomic mass is 32.1. The van der Waals surface area contributed by atoms with Crippen molar-refractivity contribution in [3.8, 4) is 0 Å². The number of hydrogen-bond acceptors (Lipinski definition) is 6. The number of aromatic nitrogens is 3. The first kappa shape index (κ1) is 17.3. The van der Waals surface area contributed by atoms with Crippen LogP contribution in [-0.4, -0.2) is 53.1 Å². The van der Waals surface area contributed by atoms with Crippen molar-refractivity contribution in [1.82, 2.24) is 19.9 Å². The van der Waals surface area contributed by atoms with E-state index in [4.69, 9.17) is 15.0 Å². The van der Waals surface area contributed by atoms with Crippen LogP contribution < -0.4 is 4.90 Å². The minimum absolute atomic E-state index is 1.03. The molecular weight excluding hydrogens is 354 g/mol. The third kappa shape index (κ3) is 2.90. The van der Waals surface area contributed by atoms with Crippen LogP contribution in [0.2, 0.25) is 0 Å². The topological polar surface area (TPSA) is 45.2 Å². The number of hydrogen-bond donors (Lipinski definition) is 0. The zero-order valence-electron chi connectivity index (χ0n) is 16.3. The van der Waals surface area contributed by atoms with E-state index in [0.29, 0.717) is 0 Å². The average molecular weight is 382 g/mol. The lowest BCUT2D eigenvalue weighted by molar-refractivity contribution is 0.312. The van der Waals surface area contributed by atoms with Crippen LogP contribution in [0.3, 0.4) is 0 Å². The number of likely N-dealkylation sites (N-methyl/N-ethyl adjacent to an activating group) is 1. The van der Waals surface area contributed by atoms with E-state index in [1.165, 1.54) is 63.8 Å². The Bertz CT molecular complexity index is 987. The van der Waals surface area contributed by atoms with Crippen molar-refractivity contribution >= 4 is 37.6 Å². The fourth-order valence-electron chi connectivity index (χ4n) is 4.56. The van der Waals surface area contributed by atoms with Gasteiger partial charge in [0.15, 0.2) is 0 Å². The Kier molecular flexibility index (Phi) is 4.48. The maximum atomic E-state index is 5.14. The Morgan fingerprint density at radius 3 is 2.70 bits per heavy atom. The Labute approximate surface area is 164 Å². The lowest BCUT2D eigenvalue weighted by Gasteiger charge is -2.33. The van der Waals surface area contributed by atoms with Gasteiger partial charge in [0.2, 0.25) is 0 Å². The molecule has 0 spiro atoms. The van der Waals surface area contributed by atoms with E-state index in [2.05, 4.69) is 23.8 Å². The number of fused-ring (bicyclic) bond motifs is 5. The van der Waals surface area contributed by atoms with Gasteiger partial charge in [0.05, 0.1) is 10.2 Å². The molecule has 0 aromatic carbocycles. The summed E-state index contributed by atoms with van der Waals surface area (Å²) in [5, 5.41) is 1.32. The van der Waals surface area contributed by atoms with Crippen LogP contribution in [0.5, 0.6) is 0 Å². The van der Waals surface area contributed by atoms with E-state index in [0.717, 1.165) is 43.9 Å². The minimum atomic E-state index is 1.03. The van der Waals surface area contributed by atoms with Crippen LogP contribution in [0.25, 0.3) is 20.4 Å². The zero-order valence-corrected chi connectivity index (χ0v) is 17.1. The standard InChI is InChI=1S/C21H27N5S/c1-3-4-8-16-14-6-5-7-15(14)17-18-19(27-21(17)24-16)20(23-13-22-18)26-11-9-25(2)10-12-26/h13H,3-12H2,1-2H3. The van der Waals surface area contributed by atoms with Gasteiger partial charge in [-0.25, -0.2) is 15.0 Å². The Hall–Kier alpha value is -1.79. The first-order chi connectivity index (χ1) is 13.3. The summed E-state index contributed by atoms with van der Waals surface area (Å²) in [7, 11) is 2.19. The highest BCUT2D eigenvalue weighted by molar-refractivity contribution is 7.26. The van der Waals surface area contributed by atoms with Gasteiger partial charge in [-0.15, -0.1) is 11.3 Å². The van der Waals surface area contributed by atoms with Gasteiger partial charge >= 0.3 is 0 Å². The molecule has 0 saturated carbocycles. The van der Waals surface area contributed by atoms with Crippen molar-refractivity contribution < 1.29 is 0 Å². The molecule has 3 aromatic heterocycles. The van der Waals surface area contributed by atoms with E-state index >= 15 is 0 Å². The van der Waals surface area contributed by atoms with Crippen molar-refractivity contribution in [3.05, 3.63) is 23.1 Å². The van der Waals surface area contributed by atoms with E-state index in [-0.39, 0.29) is 0 Å². The van der Waals surface area contributed by atoms with Crippen molar-refractivity contribution in [2.75, 3.05) is 38.1 Å². The van der Waals surface area contributed by atoms with Gasteiger partial charge in [0.25, 0.3) is 0 Å². The first-order valence-corrected chi connectivity index (χ1v) is 11.1. The fourth-order valence-corrected chi connectivity index (χ4v) is 5.75. The molecule has 4 heterocycles. The van der Waals surface area contributed by atoms with Crippen LogP contribution in [0.4, 0.5) is 5.82 Å². The van der Waals surface area contributed by atoms with Crippen molar-refractivity contribution in [2.45, 2.75) is 45.4 Å². The maximum Gasteiger partial charge on any atom is 0.150 e. The lowest BCUT2D eigenvalue weighted by atomic mass is 10.0. The molecule has 1 saturated heterocycles. The summed E-state index contributed by atoms with van der Waals surface area (Å²) in [6, 6.07) is 0. The van der Waals surface area contributed by atoms with E-state index < -0.39 is 0 Å². The van der Waals surface area contributed by atoms with Gasteiger partial charge in [-0.2, -0.15) is 0 Å². The number of pyridine rings is 1. The van der Waals surface area contributed by atoms with Crippen molar-refractivity contribution in [2.24, 2.45) is 0 Å². The van der Waals surface area contributed by atoms with Gasteiger partial charge < -0.3 is 9.80 Å². The maximum absolute atomic E-state index is 5.14. The second-order valence-electron chi connectivity index (χ2n) is 7.92. The number of thiophene rings is 1. The summed E-state index contributed by atoms with van der Waals surface area (Å²) in [5.74, 6) is 1.11. The Balaban J connectivity index is 1.67. The minimum Gasteiger partial charge on any atom is -0.353 e. The molecule has 142 valence electrons. The SMILES string of the molecule is CCCCc1nc2sc3c(N4CCN(C)CC4)ncnc3c2c2c1CCC2. The van der Waals surface area contributed by atoms with Gasteiger partial charge in [0.1, 0.15) is 17.0 Å². The molecule has 0 N–H and O–H groups in total. The average Bonchev–Trinajstić information content (AvgIpc) is 3.30.